The molecule has 2 heterocycles. The molecule has 0 aromatic carbocycles. The van der Waals surface area contributed by atoms with Gasteiger partial charge in [-0.05, 0) is 40.2 Å². The fourth-order valence-electron chi connectivity index (χ4n) is 3.14. The quantitative estimate of drug-likeness (QED) is 0.795. The SMILES string of the molecule is CCOC(=O)c1c(C)[nH]c(C(=O)OCC(=O)N2C[C@H](C)O[C@@H](C)C2)c1C. The van der Waals surface area contributed by atoms with E-state index in [0.29, 0.717) is 29.9 Å². The van der Waals surface area contributed by atoms with Gasteiger partial charge in [0.2, 0.25) is 0 Å². The van der Waals surface area contributed by atoms with Crippen molar-refractivity contribution in [1.82, 2.24) is 9.88 Å². The lowest BCUT2D eigenvalue weighted by atomic mass is 10.1. The number of carbonyl (C=O) groups excluding carboxylic acids is 3. The summed E-state index contributed by atoms with van der Waals surface area (Å²) < 4.78 is 15.7. The lowest BCUT2D eigenvalue weighted by Crippen LogP contribution is -2.49. The smallest absolute Gasteiger partial charge is 0.355 e. The average molecular weight is 366 g/mol. The van der Waals surface area contributed by atoms with E-state index in [2.05, 4.69) is 4.98 Å². The van der Waals surface area contributed by atoms with Gasteiger partial charge in [0.1, 0.15) is 5.69 Å². The van der Waals surface area contributed by atoms with Crippen LogP contribution in [0.2, 0.25) is 0 Å². The third-order valence-electron chi connectivity index (χ3n) is 4.22. The topological polar surface area (TPSA) is 97.9 Å². The van der Waals surface area contributed by atoms with Crippen LogP contribution in [0.15, 0.2) is 0 Å². The molecule has 0 aliphatic carbocycles. The molecule has 0 bridgehead atoms. The van der Waals surface area contributed by atoms with E-state index in [0.717, 1.165) is 0 Å². The first kappa shape index (κ1) is 20.0. The molecule has 1 amide bonds. The van der Waals surface area contributed by atoms with Crippen molar-refractivity contribution >= 4 is 17.8 Å². The predicted octanol–water partition coefficient (Wildman–Crippen LogP) is 1.60. The van der Waals surface area contributed by atoms with Crippen LogP contribution in [0.25, 0.3) is 0 Å². The molecule has 0 saturated carbocycles. The summed E-state index contributed by atoms with van der Waals surface area (Å²) in [5.74, 6) is -1.44. The van der Waals surface area contributed by atoms with Gasteiger partial charge in [0.15, 0.2) is 6.61 Å². The highest BCUT2D eigenvalue weighted by atomic mass is 16.5. The Kier molecular flexibility index (Phi) is 6.42. The Balaban J connectivity index is 2.01. The van der Waals surface area contributed by atoms with Crippen molar-refractivity contribution in [2.24, 2.45) is 0 Å². The molecule has 1 fully saturated rings. The number of aromatic nitrogens is 1. The van der Waals surface area contributed by atoms with Crippen molar-refractivity contribution in [3.63, 3.8) is 0 Å². The van der Waals surface area contributed by atoms with Gasteiger partial charge in [-0.1, -0.05) is 0 Å². The van der Waals surface area contributed by atoms with Gasteiger partial charge in [-0.15, -0.1) is 0 Å². The molecule has 1 aliphatic rings. The number of nitrogens with one attached hydrogen (secondary N) is 1. The van der Waals surface area contributed by atoms with Gasteiger partial charge in [-0.2, -0.15) is 0 Å². The number of amides is 1. The Hall–Kier alpha value is -2.35. The Labute approximate surface area is 152 Å². The van der Waals surface area contributed by atoms with Crippen LogP contribution in [-0.2, 0) is 19.0 Å². The van der Waals surface area contributed by atoms with Gasteiger partial charge >= 0.3 is 11.9 Å². The third-order valence-corrected chi connectivity index (χ3v) is 4.22. The first-order chi connectivity index (χ1) is 12.2. The van der Waals surface area contributed by atoms with Gasteiger partial charge < -0.3 is 24.1 Å². The summed E-state index contributed by atoms with van der Waals surface area (Å²) >= 11 is 0. The highest BCUT2D eigenvalue weighted by Crippen LogP contribution is 2.20. The van der Waals surface area contributed by atoms with E-state index in [1.165, 1.54) is 0 Å². The minimum absolute atomic E-state index is 0.0566. The number of aryl methyl sites for hydroxylation is 1. The van der Waals surface area contributed by atoms with Crippen LogP contribution in [0.3, 0.4) is 0 Å². The van der Waals surface area contributed by atoms with E-state index >= 15 is 0 Å². The number of hydrogen-bond donors (Lipinski definition) is 1. The minimum atomic E-state index is -0.677. The van der Waals surface area contributed by atoms with Crippen LogP contribution >= 0.6 is 0 Å². The van der Waals surface area contributed by atoms with E-state index in [1.807, 2.05) is 13.8 Å². The number of aromatic amines is 1. The standard InChI is InChI=1S/C18H26N2O6/c1-6-24-17(22)15-12(4)16(19-13(15)5)18(23)25-9-14(21)20-7-10(2)26-11(3)8-20/h10-11,19H,6-9H2,1-5H3/t10-,11-/m0/s1. The normalized spacial score (nSPS) is 20.0. The van der Waals surface area contributed by atoms with E-state index in [-0.39, 0.29) is 37.0 Å². The molecule has 0 unspecified atom stereocenters. The Morgan fingerprint density at radius 1 is 1.12 bits per heavy atom. The maximum absolute atomic E-state index is 12.3. The summed E-state index contributed by atoms with van der Waals surface area (Å²) in [6.07, 6.45) is -0.113. The van der Waals surface area contributed by atoms with Crippen molar-refractivity contribution in [3.8, 4) is 0 Å². The van der Waals surface area contributed by atoms with Gasteiger partial charge in [0.25, 0.3) is 5.91 Å². The second-order valence-electron chi connectivity index (χ2n) is 6.48. The number of carbonyl (C=O) groups is 3. The molecule has 144 valence electrons. The molecule has 1 aromatic rings. The largest absolute Gasteiger partial charge is 0.462 e. The molecule has 26 heavy (non-hydrogen) atoms. The van der Waals surface area contributed by atoms with Crippen molar-refractivity contribution in [2.45, 2.75) is 46.8 Å². The third kappa shape index (κ3) is 4.43. The Bertz CT molecular complexity index is 686. The summed E-state index contributed by atoms with van der Waals surface area (Å²) in [5, 5.41) is 0. The first-order valence-corrected chi connectivity index (χ1v) is 8.71. The van der Waals surface area contributed by atoms with Crippen LogP contribution < -0.4 is 0 Å². The number of rotatable bonds is 5. The second kappa shape index (κ2) is 8.35. The summed E-state index contributed by atoms with van der Waals surface area (Å²) in [5.41, 5.74) is 1.45. The maximum Gasteiger partial charge on any atom is 0.355 e. The summed E-state index contributed by atoms with van der Waals surface area (Å²) in [6, 6.07) is 0. The number of hydrogen-bond acceptors (Lipinski definition) is 6. The lowest BCUT2D eigenvalue weighted by molar-refractivity contribution is -0.146. The average Bonchev–Trinajstić information content (AvgIpc) is 2.86. The zero-order valence-electron chi connectivity index (χ0n) is 15.9. The van der Waals surface area contributed by atoms with Gasteiger partial charge in [-0.3, -0.25) is 4.79 Å². The molecule has 0 spiro atoms. The highest BCUT2D eigenvalue weighted by Gasteiger charge is 2.28. The molecule has 2 atom stereocenters. The molecule has 1 aliphatic heterocycles. The molecule has 1 saturated heterocycles. The van der Waals surface area contributed by atoms with Gasteiger partial charge in [0, 0.05) is 18.8 Å². The van der Waals surface area contributed by atoms with E-state index < -0.39 is 11.9 Å². The van der Waals surface area contributed by atoms with Crippen LogP contribution in [0.4, 0.5) is 0 Å². The Morgan fingerprint density at radius 2 is 1.73 bits per heavy atom. The monoisotopic (exact) mass is 366 g/mol. The first-order valence-electron chi connectivity index (χ1n) is 8.71. The van der Waals surface area contributed by atoms with Crippen molar-refractivity contribution in [1.29, 1.82) is 0 Å². The minimum Gasteiger partial charge on any atom is -0.462 e. The zero-order valence-corrected chi connectivity index (χ0v) is 15.9. The molecule has 1 aromatic heterocycles. The van der Waals surface area contributed by atoms with Crippen molar-refractivity contribution in [3.05, 3.63) is 22.5 Å². The molecule has 0 radical (unpaired) electrons. The van der Waals surface area contributed by atoms with E-state index in [1.54, 1.807) is 25.7 Å². The summed E-state index contributed by atoms with van der Waals surface area (Å²) in [7, 11) is 0. The molecule has 8 heteroatoms. The number of esters is 2. The van der Waals surface area contributed by atoms with Crippen LogP contribution in [0, 0.1) is 13.8 Å². The van der Waals surface area contributed by atoms with Crippen LogP contribution in [0.1, 0.15) is 52.9 Å². The highest BCUT2D eigenvalue weighted by molar-refractivity contribution is 5.99. The molecular weight excluding hydrogens is 340 g/mol. The van der Waals surface area contributed by atoms with Gasteiger partial charge in [-0.25, -0.2) is 9.59 Å². The Morgan fingerprint density at radius 3 is 2.31 bits per heavy atom. The van der Waals surface area contributed by atoms with Crippen LogP contribution in [-0.4, -0.2) is 66.2 Å². The number of morpholine rings is 1. The van der Waals surface area contributed by atoms with E-state index in [9.17, 15) is 14.4 Å². The van der Waals surface area contributed by atoms with Crippen molar-refractivity contribution in [2.75, 3.05) is 26.3 Å². The second-order valence-corrected chi connectivity index (χ2v) is 6.48. The van der Waals surface area contributed by atoms with Gasteiger partial charge in [0.05, 0.1) is 24.4 Å². The number of ether oxygens (including phenoxy) is 3. The molecule has 1 N–H and O–H groups in total. The fraction of sp³-hybridized carbons (Fsp3) is 0.611. The number of H-pyrrole nitrogens is 1. The zero-order chi connectivity index (χ0) is 19.4. The molecule has 2 rings (SSSR count). The molecule has 8 nitrogen and oxygen atoms in total. The van der Waals surface area contributed by atoms with E-state index in [4.69, 9.17) is 14.2 Å². The maximum atomic E-state index is 12.3. The predicted molar refractivity (Wildman–Crippen MR) is 93.1 cm³/mol. The molecular formula is C18H26N2O6. The summed E-state index contributed by atoms with van der Waals surface area (Å²) in [6.45, 7) is 9.63. The van der Waals surface area contributed by atoms with Crippen molar-refractivity contribution < 1.29 is 28.6 Å². The number of nitrogens with zero attached hydrogens (tertiary/aromatic N) is 1. The van der Waals surface area contributed by atoms with Crippen LogP contribution in [0.5, 0.6) is 0 Å². The fourth-order valence-corrected chi connectivity index (χ4v) is 3.14. The summed E-state index contributed by atoms with van der Waals surface area (Å²) in [4.78, 5) is 41.1. The lowest BCUT2D eigenvalue weighted by Gasteiger charge is -2.35.